The summed E-state index contributed by atoms with van der Waals surface area (Å²) in [5.41, 5.74) is 9.16. The van der Waals surface area contributed by atoms with Gasteiger partial charge in [-0.3, -0.25) is 9.59 Å². The first-order chi connectivity index (χ1) is 13.2. The van der Waals surface area contributed by atoms with E-state index in [1.54, 1.807) is 12.1 Å². The summed E-state index contributed by atoms with van der Waals surface area (Å²) in [4.78, 5) is 26.6. The lowest BCUT2D eigenvalue weighted by Gasteiger charge is -2.31. The molecule has 1 heterocycles. The van der Waals surface area contributed by atoms with Gasteiger partial charge < -0.3 is 16.0 Å². The van der Waals surface area contributed by atoms with E-state index < -0.39 is 5.91 Å². The van der Waals surface area contributed by atoms with E-state index in [4.69, 9.17) is 5.73 Å². The van der Waals surface area contributed by atoms with Crippen molar-refractivity contribution in [2.45, 2.75) is 39.2 Å². The second-order valence-electron chi connectivity index (χ2n) is 8.29. The molecule has 28 heavy (non-hydrogen) atoms. The number of nitrogens with zero attached hydrogens (tertiary/aromatic N) is 1. The van der Waals surface area contributed by atoms with Crippen molar-refractivity contribution in [3.63, 3.8) is 0 Å². The summed E-state index contributed by atoms with van der Waals surface area (Å²) in [6.45, 7) is 9.19. The van der Waals surface area contributed by atoms with Gasteiger partial charge in [-0.1, -0.05) is 18.2 Å². The minimum atomic E-state index is -0.447. The molecule has 2 amide bonds. The van der Waals surface area contributed by atoms with Crippen LogP contribution in [0, 0.1) is 6.92 Å². The lowest BCUT2D eigenvalue weighted by molar-refractivity contribution is 0.0893. The molecule has 0 saturated carbocycles. The van der Waals surface area contributed by atoms with Gasteiger partial charge in [-0.25, -0.2) is 0 Å². The summed E-state index contributed by atoms with van der Waals surface area (Å²) >= 11 is 0. The SMILES string of the molecule is Cc1ccc(C(N)=O)cc1-c1ccc(C(=O)NC(C)(C)CN2CCCC2)cc1. The number of carbonyl (C=O) groups excluding carboxylic acids is 2. The van der Waals surface area contributed by atoms with Gasteiger partial charge >= 0.3 is 0 Å². The molecule has 3 N–H and O–H groups in total. The van der Waals surface area contributed by atoms with Crippen molar-refractivity contribution in [2.24, 2.45) is 5.73 Å². The fraction of sp³-hybridized carbons (Fsp3) is 0.391. The third-order valence-electron chi connectivity index (χ3n) is 5.25. The average molecular weight is 380 g/mol. The molecule has 148 valence electrons. The maximum atomic E-state index is 12.7. The van der Waals surface area contributed by atoms with Crippen LogP contribution in [0.25, 0.3) is 11.1 Å². The second-order valence-corrected chi connectivity index (χ2v) is 8.29. The number of aryl methyl sites for hydroxylation is 1. The molecular weight excluding hydrogens is 350 g/mol. The Bertz CT molecular complexity index is 866. The van der Waals surface area contributed by atoms with Crippen molar-refractivity contribution >= 4 is 11.8 Å². The predicted molar refractivity (Wildman–Crippen MR) is 112 cm³/mol. The van der Waals surface area contributed by atoms with Crippen LogP contribution in [0.2, 0.25) is 0 Å². The summed E-state index contributed by atoms with van der Waals surface area (Å²) in [6, 6.07) is 12.9. The minimum Gasteiger partial charge on any atom is -0.366 e. The average Bonchev–Trinajstić information content (AvgIpc) is 3.13. The zero-order chi connectivity index (χ0) is 20.3. The molecule has 5 nitrogen and oxygen atoms in total. The number of amides is 2. The number of hydrogen-bond donors (Lipinski definition) is 2. The first-order valence-electron chi connectivity index (χ1n) is 9.81. The van der Waals surface area contributed by atoms with Crippen molar-refractivity contribution in [2.75, 3.05) is 19.6 Å². The third kappa shape index (κ3) is 4.78. The third-order valence-corrected chi connectivity index (χ3v) is 5.25. The van der Waals surface area contributed by atoms with E-state index in [9.17, 15) is 9.59 Å². The van der Waals surface area contributed by atoms with Crippen LogP contribution in [0.15, 0.2) is 42.5 Å². The van der Waals surface area contributed by atoms with Crippen LogP contribution in [0.4, 0.5) is 0 Å². The largest absolute Gasteiger partial charge is 0.366 e. The van der Waals surface area contributed by atoms with Gasteiger partial charge in [0.2, 0.25) is 5.91 Å². The molecule has 0 atom stereocenters. The summed E-state index contributed by atoms with van der Waals surface area (Å²) in [7, 11) is 0. The van der Waals surface area contributed by atoms with Crippen LogP contribution >= 0.6 is 0 Å². The summed E-state index contributed by atoms with van der Waals surface area (Å²) in [6.07, 6.45) is 2.48. The monoisotopic (exact) mass is 379 g/mol. The Hall–Kier alpha value is -2.66. The molecule has 2 aromatic rings. The molecule has 0 spiro atoms. The smallest absolute Gasteiger partial charge is 0.251 e. The topological polar surface area (TPSA) is 75.4 Å². The van der Waals surface area contributed by atoms with E-state index in [2.05, 4.69) is 24.1 Å². The highest BCUT2D eigenvalue weighted by Crippen LogP contribution is 2.25. The van der Waals surface area contributed by atoms with E-state index in [0.717, 1.165) is 36.3 Å². The van der Waals surface area contributed by atoms with Gasteiger partial charge in [0.05, 0.1) is 0 Å². The Morgan fingerprint density at radius 2 is 1.64 bits per heavy atom. The Balaban J connectivity index is 1.72. The quantitative estimate of drug-likeness (QED) is 0.808. The number of carbonyl (C=O) groups is 2. The molecule has 1 fully saturated rings. The van der Waals surface area contributed by atoms with Crippen molar-refractivity contribution in [3.05, 3.63) is 59.2 Å². The molecule has 0 aromatic heterocycles. The molecule has 3 rings (SSSR count). The number of likely N-dealkylation sites (tertiary alicyclic amines) is 1. The van der Waals surface area contributed by atoms with Gasteiger partial charge in [0.1, 0.15) is 0 Å². The molecule has 1 saturated heterocycles. The Morgan fingerprint density at radius 3 is 2.25 bits per heavy atom. The zero-order valence-electron chi connectivity index (χ0n) is 16.9. The molecule has 0 aliphatic carbocycles. The number of nitrogens with two attached hydrogens (primary N) is 1. The summed E-state index contributed by atoms with van der Waals surface area (Å²) < 4.78 is 0. The van der Waals surface area contributed by atoms with Gasteiger partial charge in [0.15, 0.2) is 0 Å². The van der Waals surface area contributed by atoms with E-state index >= 15 is 0 Å². The normalized spacial score (nSPS) is 14.8. The maximum absolute atomic E-state index is 12.7. The Labute approximate surface area is 166 Å². The number of benzene rings is 2. The highest BCUT2D eigenvalue weighted by molar-refractivity contribution is 5.96. The van der Waals surface area contributed by atoms with Gasteiger partial charge in [-0.05, 0) is 87.7 Å². The van der Waals surface area contributed by atoms with E-state index in [1.165, 1.54) is 12.8 Å². The van der Waals surface area contributed by atoms with Crippen molar-refractivity contribution in [1.29, 1.82) is 0 Å². The summed E-state index contributed by atoms with van der Waals surface area (Å²) in [5.74, 6) is -0.518. The van der Waals surface area contributed by atoms with Gasteiger partial charge in [0, 0.05) is 23.2 Å². The van der Waals surface area contributed by atoms with Crippen LogP contribution in [0.3, 0.4) is 0 Å². The molecule has 0 bridgehead atoms. The van der Waals surface area contributed by atoms with Crippen molar-refractivity contribution in [1.82, 2.24) is 10.2 Å². The first kappa shape index (κ1) is 20.1. The number of rotatable bonds is 6. The van der Waals surface area contributed by atoms with Gasteiger partial charge in [0.25, 0.3) is 5.91 Å². The number of nitrogens with one attached hydrogen (secondary N) is 1. The standard InChI is InChI=1S/C23H29N3O2/c1-16-6-7-19(21(24)27)14-20(16)17-8-10-18(11-9-17)22(28)25-23(2,3)15-26-12-4-5-13-26/h6-11,14H,4-5,12-13,15H2,1-3H3,(H2,24,27)(H,25,28). The highest BCUT2D eigenvalue weighted by Gasteiger charge is 2.25. The highest BCUT2D eigenvalue weighted by atomic mass is 16.2. The lowest BCUT2D eigenvalue weighted by atomic mass is 9.96. The van der Waals surface area contributed by atoms with Crippen LogP contribution in [0.1, 0.15) is 53.0 Å². The maximum Gasteiger partial charge on any atom is 0.251 e. The fourth-order valence-electron chi connectivity index (χ4n) is 3.81. The van der Waals surface area contributed by atoms with Crippen LogP contribution < -0.4 is 11.1 Å². The molecular formula is C23H29N3O2. The van der Waals surface area contributed by atoms with E-state index in [0.29, 0.717) is 11.1 Å². The van der Waals surface area contributed by atoms with E-state index in [1.807, 2.05) is 37.3 Å². The molecule has 0 radical (unpaired) electrons. The zero-order valence-corrected chi connectivity index (χ0v) is 16.9. The van der Waals surface area contributed by atoms with Gasteiger partial charge in [-0.2, -0.15) is 0 Å². The lowest BCUT2D eigenvalue weighted by Crippen LogP contribution is -2.50. The summed E-state index contributed by atoms with van der Waals surface area (Å²) in [5, 5.41) is 3.15. The molecule has 1 aliphatic rings. The van der Waals surface area contributed by atoms with Crippen LogP contribution in [-0.4, -0.2) is 41.9 Å². The molecule has 2 aromatic carbocycles. The minimum absolute atomic E-state index is 0.0710. The van der Waals surface area contributed by atoms with Crippen LogP contribution in [0.5, 0.6) is 0 Å². The fourth-order valence-corrected chi connectivity index (χ4v) is 3.81. The molecule has 5 heteroatoms. The van der Waals surface area contributed by atoms with Crippen molar-refractivity contribution in [3.8, 4) is 11.1 Å². The Morgan fingerprint density at radius 1 is 1.04 bits per heavy atom. The predicted octanol–water partition coefficient (Wildman–Crippen LogP) is 3.37. The molecule has 1 aliphatic heterocycles. The Kier molecular flexibility index (Phi) is 5.84. The van der Waals surface area contributed by atoms with Crippen molar-refractivity contribution < 1.29 is 9.59 Å². The van der Waals surface area contributed by atoms with Gasteiger partial charge in [-0.15, -0.1) is 0 Å². The second kappa shape index (κ2) is 8.15. The molecule has 0 unspecified atom stereocenters. The number of hydrogen-bond acceptors (Lipinski definition) is 3. The number of primary amides is 1. The first-order valence-corrected chi connectivity index (χ1v) is 9.81. The van der Waals surface area contributed by atoms with E-state index in [-0.39, 0.29) is 11.4 Å². The van der Waals surface area contributed by atoms with Crippen LogP contribution in [-0.2, 0) is 0 Å².